The van der Waals surface area contributed by atoms with Gasteiger partial charge in [0.1, 0.15) is 6.73 Å². The van der Waals surface area contributed by atoms with Crippen LogP contribution in [0.5, 0.6) is 0 Å². The maximum absolute atomic E-state index is 6.96. The van der Waals surface area contributed by atoms with Crippen LogP contribution in [0.3, 0.4) is 0 Å². The zero-order valence-electron chi connectivity index (χ0n) is 35.2. The number of nitrogens with zero attached hydrogens (tertiary/aromatic N) is 1. The van der Waals surface area contributed by atoms with Gasteiger partial charge in [-0.15, -0.1) is 0 Å². The highest BCUT2D eigenvalue weighted by molar-refractivity contribution is 5.19. The summed E-state index contributed by atoms with van der Waals surface area (Å²) < 4.78 is 34.4. The molecule has 1 heterocycles. The van der Waals surface area contributed by atoms with Gasteiger partial charge < -0.3 is 45.0 Å². The molecule has 0 unspecified atom stereocenters. The molecule has 0 bridgehead atoms. The molecule has 0 saturated carbocycles. The van der Waals surface area contributed by atoms with E-state index in [4.69, 9.17) is 23.7 Å². The van der Waals surface area contributed by atoms with Crippen molar-refractivity contribution in [2.24, 2.45) is 0 Å². The summed E-state index contributed by atoms with van der Waals surface area (Å²) in [7, 11) is 0. The summed E-state index contributed by atoms with van der Waals surface area (Å²) >= 11 is 0. The highest BCUT2D eigenvalue weighted by atomic mass is 16.5. The Labute approximate surface area is 357 Å². The average Bonchev–Trinajstić information content (AvgIpc) is 3.30. The second-order valence-electron chi connectivity index (χ2n) is 15.4. The van der Waals surface area contributed by atoms with Crippen molar-refractivity contribution in [2.75, 3.05) is 85.5 Å². The van der Waals surface area contributed by atoms with Crippen molar-refractivity contribution < 1.29 is 23.7 Å². The van der Waals surface area contributed by atoms with Crippen LogP contribution in [0.2, 0.25) is 0 Å². The van der Waals surface area contributed by atoms with E-state index < -0.39 is 11.1 Å². The minimum atomic E-state index is -0.888. The van der Waals surface area contributed by atoms with Gasteiger partial charge in [0.05, 0.1) is 70.5 Å². The molecule has 1 saturated heterocycles. The highest BCUT2D eigenvalue weighted by Crippen LogP contribution is 2.34. The van der Waals surface area contributed by atoms with Crippen molar-refractivity contribution in [3.63, 3.8) is 0 Å². The zero-order chi connectivity index (χ0) is 41.2. The van der Waals surface area contributed by atoms with E-state index in [2.05, 4.69) is 147 Å². The molecule has 320 valence electrons. The SMILES string of the molecule is c1ccc(COCN2CCNCCNCCNCCNC(COCc3ccccc3)(COCc3ccccc3)C2(COCc2ccccc2)COCc2ccccc2)cc1. The lowest BCUT2D eigenvalue weighted by atomic mass is 9.76. The quantitative estimate of drug-likeness (QED) is 0.0730. The Kier molecular flexibility index (Phi) is 19.7. The van der Waals surface area contributed by atoms with E-state index in [-0.39, 0.29) is 0 Å². The van der Waals surface area contributed by atoms with Crippen molar-refractivity contribution in [1.29, 1.82) is 0 Å². The van der Waals surface area contributed by atoms with E-state index in [0.717, 1.165) is 67.1 Å². The van der Waals surface area contributed by atoms with E-state index in [0.29, 0.717) is 79.3 Å². The number of benzene rings is 5. The van der Waals surface area contributed by atoms with Crippen LogP contribution in [0.15, 0.2) is 152 Å². The van der Waals surface area contributed by atoms with Gasteiger partial charge in [0.25, 0.3) is 0 Å². The van der Waals surface area contributed by atoms with Crippen molar-refractivity contribution in [3.8, 4) is 0 Å². The third kappa shape index (κ3) is 14.7. The number of hydrogen-bond acceptors (Lipinski definition) is 10. The normalized spacial score (nSPS) is 16.7. The predicted molar refractivity (Wildman–Crippen MR) is 239 cm³/mol. The summed E-state index contributed by atoms with van der Waals surface area (Å²) in [5.74, 6) is 0. The molecule has 6 rings (SSSR count). The molecule has 4 N–H and O–H groups in total. The summed E-state index contributed by atoms with van der Waals surface area (Å²) in [6.45, 7) is 9.95. The first kappa shape index (κ1) is 45.2. The largest absolute Gasteiger partial charge is 0.375 e. The standard InChI is InChI=1S/C50H65N5O5/c1-6-16-44(17-7-1)34-56-39-49(40-57-35-45-18-8-2-9-19-45)50(41-58-36-46-20-10-3-11-21-46,42-59-37-47-22-12-4-13-23-47)55(43-60-38-48-24-14-5-15-25-48)33-32-53-29-28-51-26-27-52-30-31-54-49/h1-25,51-54H,26-43H2. The zero-order valence-corrected chi connectivity index (χ0v) is 35.2. The molecule has 10 nitrogen and oxygen atoms in total. The average molecular weight is 816 g/mol. The molecule has 0 spiro atoms. The number of hydrogen-bond donors (Lipinski definition) is 4. The summed E-state index contributed by atoms with van der Waals surface area (Å²) in [4.78, 5) is 2.42. The number of ether oxygens (including phenoxy) is 5. The molecule has 0 aromatic heterocycles. The lowest BCUT2D eigenvalue weighted by Crippen LogP contribution is -2.78. The summed E-state index contributed by atoms with van der Waals surface area (Å²) in [6, 6.07) is 51.8. The molecule has 1 aliphatic heterocycles. The van der Waals surface area contributed by atoms with Crippen LogP contribution in [0.1, 0.15) is 27.8 Å². The van der Waals surface area contributed by atoms with Gasteiger partial charge >= 0.3 is 0 Å². The molecule has 5 aromatic carbocycles. The second kappa shape index (κ2) is 26.1. The summed E-state index contributed by atoms with van der Waals surface area (Å²) in [5, 5.41) is 15.0. The van der Waals surface area contributed by atoms with Crippen LogP contribution in [0.25, 0.3) is 0 Å². The second-order valence-corrected chi connectivity index (χ2v) is 15.4. The maximum atomic E-state index is 6.96. The van der Waals surface area contributed by atoms with Crippen molar-refractivity contribution in [3.05, 3.63) is 179 Å². The van der Waals surface area contributed by atoms with Gasteiger partial charge in [-0.3, -0.25) is 4.90 Å². The maximum Gasteiger partial charge on any atom is 0.100 e. The first-order chi connectivity index (χ1) is 29.7. The number of rotatable bonds is 20. The van der Waals surface area contributed by atoms with E-state index in [1.165, 1.54) is 0 Å². The molecule has 1 aliphatic rings. The molecule has 1 fully saturated rings. The van der Waals surface area contributed by atoms with Gasteiger partial charge in [-0.25, -0.2) is 0 Å². The fourth-order valence-corrected chi connectivity index (χ4v) is 7.62. The summed E-state index contributed by atoms with van der Waals surface area (Å²) in [5.41, 5.74) is 3.74. The lowest BCUT2D eigenvalue weighted by molar-refractivity contribution is -0.177. The van der Waals surface area contributed by atoms with Crippen molar-refractivity contribution >= 4 is 0 Å². The summed E-state index contributed by atoms with van der Waals surface area (Å²) in [6.07, 6.45) is 0. The third-order valence-corrected chi connectivity index (χ3v) is 11.0. The van der Waals surface area contributed by atoms with Gasteiger partial charge in [-0.05, 0) is 27.8 Å². The smallest absolute Gasteiger partial charge is 0.100 e. The van der Waals surface area contributed by atoms with Gasteiger partial charge in [0, 0.05) is 52.4 Å². The fraction of sp³-hybridized carbons (Fsp3) is 0.400. The van der Waals surface area contributed by atoms with Gasteiger partial charge in [0.2, 0.25) is 0 Å². The minimum absolute atomic E-state index is 0.302. The van der Waals surface area contributed by atoms with Gasteiger partial charge in [-0.1, -0.05) is 152 Å². The van der Waals surface area contributed by atoms with Crippen LogP contribution in [0, 0.1) is 0 Å². The molecule has 0 atom stereocenters. The van der Waals surface area contributed by atoms with Crippen LogP contribution < -0.4 is 21.3 Å². The van der Waals surface area contributed by atoms with Crippen LogP contribution in [-0.2, 0) is 56.7 Å². The van der Waals surface area contributed by atoms with Gasteiger partial charge in [0.15, 0.2) is 0 Å². The topological polar surface area (TPSA) is 97.5 Å². The Hall–Kier alpha value is -4.30. The lowest BCUT2D eigenvalue weighted by Gasteiger charge is -2.55. The Bertz CT molecular complexity index is 1730. The first-order valence-electron chi connectivity index (χ1n) is 21.5. The molecule has 0 radical (unpaired) electrons. The molecule has 0 amide bonds. The molecule has 10 heteroatoms. The van der Waals surface area contributed by atoms with Crippen LogP contribution >= 0.6 is 0 Å². The van der Waals surface area contributed by atoms with E-state index in [9.17, 15) is 0 Å². The molecule has 5 aromatic rings. The Morgan fingerprint density at radius 3 is 1.07 bits per heavy atom. The van der Waals surface area contributed by atoms with E-state index in [1.807, 2.05) is 30.3 Å². The number of nitrogens with one attached hydrogen (secondary N) is 4. The Morgan fingerprint density at radius 2 is 0.683 bits per heavy atom. The molecular formula is C50H65N5O5. The molecule has 0 aliphatic carbocycles. The van der Waals surface area contributed by atoms with E-state index >= 15 is 0 Å². The predicted octanol–water partition coefficient (Wildman–Crippen LogP) is 6.18. The first-order valence-corrected chi connectivity index (χ1v) is 21.5. The van der Waals surface area contributed by atoms with Crippen molar-refractivity contribution in [1.82, 2.24) is 26.2 Å². The third-order valence-electron chi connectivity index (χ3n) is 11.0. The fourth-order valence-electron chi connectivity index (χ4n) is 7.62. The minimum Gasteiger partial charge on any atom is -0.375 e. The van der Waals surface area contributed by atoms with Crippen molar-refractivity contribution in [2.45, 2.75) is 44.1 Å². The molecule has 60 heavy (non-hydrogen) atoms. The Balaban J connectivity index is 1.45. The van der Waals surface area contributed by atoms with Crippen LogP contribution in [-0.4, -0.2) is 101 Å². The highest BCUT2D eigenvalue weighted by Gasteiger charge is 2.56. The monoisotopic (exact) mass is 815 g/mol. The molecular weight excluding hydrogens is 751 g/mol. The Morgan fingerprint density at radius 1 is 0.367 bits per heavy atom. The van der Waals surface area contributed by atoms with E-state index in [1.54, 1.807) is 0 Å². The van der Waals surface area contributed by atoms with Gasteiger partial charge in [-0.2, -0.15) is 0 Å². The van der Waals surface area contributed by atoms with Crippen LogP contribution in [0.4, 0.5) is 0 Å².